The van der Waals surface area contributed by atoms with Crippen molar-refractivity contribution in [3.8, 4) is 11.8 Å². The van der Waals surface area contributed by atoms with Crippen LogP contribution in [-0.4, -0.2) is 53.3 Å². The number of nitrogens with one attached hydrogen (secondary N) is 1. The Morgan fingerprint density at radius 2 is 1.97 bits per heavy atom. The Bertz CT molecular complexity index is 1140. The van der Waals surface area contributed by atoms with E-state index in [4.69, 9.17) is 10.00 Å². The van der Waals surface area contributed by atoms with Crippen molar-refractivity contribution in [3.05, 3.63) is 77.6 Å². The second kappa shape index (κ2) is 9.24. The van der Waals surface area contributed by atoms with Gasteiger partial charge in [0.25, 0.3) is 5.91 Å². The maximum Gasteiger partial charge on any atom is 0.417 e. The zero-order valence-electron chi connectivity index (χ0n) is 17.4. The normalized spacial score (nSPS) is 16.4. The molecule has 0 saturated carbocycles. The Morgan fingerprint density at radius 3 is 2.64 bits per heavy atom. The van der Waals surface area contributed by atoms with E-state index in [9.17, 15) is 18.0 Å². The summed E-state index contributed by atoms with van der Waals surface area (Å²) in [7, 11) is 0. The largest absolute Gasteiger partial charge is 0.491 e. The van der Waals surface area contributed by atoms with Crippen molar-refractivity contribution in [1.29, 1.82) is 5.26 Å². The summed E-state index contributed by atoms with van der Waals surface area (Å²) >= 11 is 0. The first-order valence-electron chi connectivity index (χ1n) is 10.2. The highest BCUT2D eigenvalue weighted by molar-refractivity contribution is 5.92. The first-order valence-corrected chi connectivity index (χ1v) is 10.2. The van der Waals surface area contributed by atoms with Crippen LogP contribution >= 0.6 is 0 Å². The molecule has 0 spiro atoms. The molecule has 10 heteroatoms. The summed E-state index contributed by atoms with van der Waals surface area (Å²) in [6, 6.07) is 15.5. The van der Waals surface area contributed by atoms with E-state index in [0.29, 0.717) is 23.7 Å². The smallest absolute Gasteiger partial charge is 0.417 e. The molecule has 0 radical (unpaired) electrons. The molecule has 1 N–H and O–H groups in total. The van der Waals surface area contributed by atoms with Gasteiger partial charge < -0.3 is 14.5 Å². The van der Waals surface area contributed by atoms with Crippen LogP contribution in [-0.2, 0) is 6.18 Å². The van der Waals surface area contributed by atoms with Crippen molar-refractivity contribution in [2.45, 2.75) is 12.2 Å². The summed E-state index contributed by atoms with van der Waals surface area (Å²) in [6.45, 7) is 1.02. The minimum absolute atomic E-state index is 0.156. The van der Waals surface area contributed by atoms with Crippen LogP contribution in [0.2, 0.25) is 0 Å². The number of carbonyl (C=O) groups excluding carboxylic acids is 1. The molecule has 1 aromatic heterocycles. The molecule has 1 amide bonds. The van der Waals surface area contributed by atoms with E-state index in [1.165, 1.54) is 18.3 Å². The van der Waals surface area contributed by atoms with Crippen LogP contribution in [0.3, 0.4) is 0 Å². The highest BCUT2D eigenvalue weighted by Crippen LogP contribution is 2.35. The van der Waals surface area contributed by atoms with Gasteiger partial charge in [-0.25, -0.2) is 0 Å². The number of halogens is 3. The number of hydrogen-bond donors (Lipinski definition) is 1. The maximum absolute atomic E-state index is 13.4. The van der Waals surface area contributed by atoms with E-state index in [2.05, 4.69) is 10.2 Å². The number of aromatic nitrogens is 2. The molecule has 33 heavy (non-hydrogen) atoms. The Labute approximate surface area is 188 Å². The van der Waals surface area contributed by atoms with E-state index in [1.54, 1.807) is 34.1 Å². The number of ether oxygens (including phenoxy) is 1. The van der Waals surface area contributed by atoms with Gasteiger partial charge in [0.1, 0.15) is 18.1 Å². The summed E-state index contributed by atoms with van der Waals surface area (Å²) < 4.78 is 46.2. The first-order chi connectivity index (χ1) is 15.9. The van der Waals surface area contributed by atoms with Gasteiger partial charge in [0.05, 0.1) is 23.2 Å². The lowest BCUT2D eigenvalue weighted by atomic mass is 10.0. The average Bonchev–Trinajstić information content (AvgIpc) is 3.37. The van der Waals surface area contributed by atoms with Crippen molar-refractivity contribution in [1.82, 2.24) is 15.1 Å². The average molecular weight is 455 g/mol. The Kier molecular flexibility index (Phi) is 6.22. The Morgan fingerprint density at radius 1 is 1.18 bits per heavy atom. The van der Waals surface area contributed by atoms with Gasteiger partial charge in [-0.3, -0.25) is 9.89 Å². The third-order valence-corrected chi connectivity index (χ3v) is 5.45. The number of alkyl halides is 3. The number of hydrogen-bond acceptors (Lipinski definition) is 5. The molecule has 0 bridgehead atoms. The number of H-pyrrole nitrogens is 1. The first kappa shape index (κ1) is 22.2. The van der Waals surface area contributed by atoms with E-state index in [0.717, 1.165) is 6.07 Å². The lowest BCUT2D eigenvalue weighted by Crippen LogP contribution is -2.57. The third-order valence-electron chi connectivity index (χ3n) is 5.45. The number of nitriles is 1. The lowest BCUT2D eigenvalue weighted by Gasteiger charge is -2.42. The molecule has 1 fully saturated rings. The van der Waals surface area contributed by atoms with Crippen molar-refractivity contribution in [2.24, 2.45) is 0 Å². The van der Waals surface area contributed by atoms with Gasteiger partial charge in [0.2, 0.25) is 0 Å². The topological polar surface area (TPSA) is 85.3 Å². The minimum atomic E-state index is -4.64. The summed E-state index contributed by atoms with van der Waals surface area (Å²) in [6.07, 6.45) is -3.16. The fourth-order valence-corrected chi connectivity index (χ4v) is 3.80. The molecule has 1 aliphatic heterocycles. The van der Waals surface area contributed by atoms with Crippen LogP contribution in [0.4, 0.5) is 18.9 Å². The van der Waals surface area contributed by atoms with Crippen LogP contribution in [0.15, 0.2) is 60.8 Å². The number of para-hydroxylation sites is 1. The second-order valence-electron chi connectivity index (χ2n) is 7.53. The molecular formula is C23H20F3N5O2. The molecule has 7 nitrogen and oxygen atoms in total. The van der Waals surface area contributed by atoms with Gasteiger partial charge in [-0.05, 0) is 36.4 Å². The third kappa shape index (κ3) is 4.92. The van der Waals surface area contributed by atoms with Crippen LogP contribution < -0.4 is 9.64 Å². The molecule has 4 rings (SSSR count). The standard InChI is InChI=1S/C23H20F3N5O2/c24-23(25,26)20-12-17(7-6-16(20)13-27)30-10-11-31(22(32)21-8-9-28-29-21)18(14-30)15-33-19-4-2-1-3-5-19/h1-9,12,18H,10-11,14-15H2,(H,28,29). The number of benzene rings is 2. The molecule has 170 valence electrons. The van der Waals surface area contributed by atoms with Crippen molar-refractivity contribution < 1.29 is 22.7 Å². The van der Waals surface area contributed by atoms with Crippen molar-refractivity contribution in [3.63, 3.8) is 0 Å². The van der Waals surface area contributed by atoms with Crippen LogP contribution in [0.5, 0.6) is 5.75 Å². The molecular weight excluding hydrogens is 435 g/mol. The van der Waals surface area contributed by atoms with E-state index in [1.807, 2.05) is 18.2 Å². The summed E-state index contributed by atoms with van der Waals surface area (Å²) in [4.78, 5) is 16.4. The molecule has 2 heterocycles. The molecule has 0 aliphatic carbocycles. The van der Waals surface area contributed by atoms with E-state index < -0.39 is 23.3 Å². The quantitative estimate of drug-likeness (QED) is 0.634. The maximum atomic E-state index is 13.4. The summed E-state index contributed by atoms with van der Waals surface area (Å²) in [5.41, 5.74) is -0.746. The van der Waals surface area contributed by atoms with E-state index in [-0.39, 0.29) is 25.6 Å². The van der Waals surface area contributed by atoms with Gasteiger partial charge in [0.15, 0.2) is 0 Å². The predicted molar refractivity (Wildman–Crippen MR) is 114 cm³/mol. The summed E-state index contributed by atoms with van der Waals surface area (Å²) in [5.74, 6) is 0.367. The highest BCUT2D eigenvalue weighted by Gasteiger charge is 2.36. The molecule has 1 atom stereocenters. The molecule has 3 aromatic rings. The number of piperazine rings is 1. The van der Waals surface area contributed by atoms with Gasteiger partial charge in [-0.15, -0.1) is 0 Å². The van der Waals surface area contributed by atoms with Gasteiger partial charge in [0, 0.05) is 31.5 Å². The minimum Gasteiger partial charge on any atom is -0.491 e. The summed E-state index contributed by atoms with van der Waals surface area (Å²) in [5, 5.41) is 15.5. The Hall–Kier alpha value is -4.00. The number of rotatable bonds is 5. The van der Waals surface area contributed by atoms with Crippen LogP contribution in [0.1, 0.15) is 21.6 Å². The highest BCUT2D eigenvalue weighted by atomic mass is 19.4. The van der Waals surface area contributed by atoms with Gasteiger partial charge in [-0.1, -0.05) is 18.2 Å². The zero-order valence-corrected chi connectivity index (χ0v) is 17.4. The Balaban J connectivity index is 1.59. The number of carbonyl (C=O) groups is 1. The number of nitrogens with zero attached hydrogens (tertiary/aromatic N) is 4. The van der Waals surface area contributed by atoms with Crippen molar-refractivity contribution >= 4 is 11.6 Å². The van der Waals surface area contributed by atoms with Crippen LogP contribution in [0.25, 0.3) is 0 Å². The zero-order chi connectivity index (χ0) is 23.4. The van der Waals surface area contributed by atoms with Crippen molar-refractivity contribution in [2.75, 3.05) is 31.1 Å². The fourth-order valence-electron chi connectivity index (χ4n) is 3.80. The number of aromatic amines is 1. The number of amides is 1. The van der Waals surface area contributed by atoms with Gasteiger partial charge in [-0.2, -0.15) is 23.5 Å². The second-order valence-corrected chi connectivity index (χ2v) is 7.53. The van der Waals surface area contributed by atoms with Crippen LogP contribution in [0, 0.1) is 11.3 Å². The molecule has 2 aromatic carbocycles. The molecule has 1 aliphatic rings. The van der Waals surface area contributed by atoms with E-state index >= 15 is 0 Å². The fraction of sp³-hybridized carbons (Fsp3) is 0.261. The van der Waals surface area contributed by atoms with Gasteiger partial charge >= 0.3 is 6.18 Å². The SMILES string of the molecule is N#Cc1ccc(N2CCN(C(=O)c3ccn[nH]3)C(COc3ccccc3)C2)cc1C(F)(F)F. The molecule has 1 saturated heterocycles. The lowest BCUT2D eigenvalue weighted by molar-refractivity contribution is -0.137. The predicted octanol–water partition coefficient (Wildman–Crippen LogP) is 3.71. The molecule has 1 unspecified atom stereocenters. The monoisotopic (exact) mass is 455 g/mol. The number of anilines is 1.